The quantitative estimate of drug-likeness (QED) is 0.491. The third kappa shape index (κ3) is 4.21. The molecule has 0 bridgehead atoms. The summed E-state index contributed by atoms with van der Waals surface area (Å²) in [7, 11) is 1.76. The zero-order valence-corrected chi connectivity index (χ0v) is 14.2. The molecular formula is C16H16ClFN6O. The van der Waals surface area contributed by atoms with Crippen LogP contribution in [0.4, 0.5) is 15.9 Å². The Bertz CT molecular complexity index is 839. The Kier molecular flexibility index (Phi) is 5.39. The number of benzene rings is 1. The van der Waals surface area contributed by atoms with Crippen LogP contribution < -0.4 is 10.6 Å². The minimum Gasteiger partial charge on any atom is -0.383 e. The highest BCUT2D eigenvalue weighted by Gasteiger charge is 2.10. The molecule has 2 N–H and O–H groups in total. The Morgan fingerprint density at radius 1 is 1.20 bits per heavy atom. The van der Waals surface area contributed by atoms with E-state index in [1.54, 1.807) is 19.2 Å². The van der Waals surface area contributed by atoms with Gasteiger partial charge in [-0.3, -0.25) is 0 Å². The average molecular weight is 363 g/mol. The highest BCUT2D eigenvalue weighted by atomic mass is 35.5. The number of aryl methyl sites for hydroxylation is 1. The van der Waals surface area contributed by atoms with Gasteiger partial charge in [0.05, 0.1) is 0 Å². The largest absolute Gasteiger partial charge is 0.383 e. The van der Waals surface area contributed by atoms with E-state index < -0.39 is 0 Å². The van der Waals surface area contributed by atoms with Crippen molar-refractivity contribution < 1.29 is 8.91 Å². The monoisotopic (exact) mass is 362 g/mol. The molecular weight excluding hydrogens is 347 g/mol. The smallest absolute Gasteiger partial charge is 0.227 e. The fourth-order valence-corrected chi connectivity index (χ4v) is 2.47. The molecule has 3 rings (SSSR count). The summed E-state index contributed by atoms with van der Waals surface area (Å²) in [6.07, 6.45) is 2.77. The van der Waals surface area contributed by atoms with Crippen molar-refractivity contribution in [3.8, 4) is 11.4 Å². The number of nitrogens with one attached hydrogen (secondary N) is 2. The molecule has 0 aliphatic rings. The first-order valence-corrected chi connectivity index (χ1v) is 8.06. The molecule has 0 saturated carbocycles. The second-order valence-corrected chi connectivity index (χ2v) is 5.55. The van der Waals surface area contributed by atoms with Gasteiger partial charge >= 0.3 is 0 Å². The van der Waals surface area contributed by atoms with Crippen LogP contribution in [0.15, 0.2) is 35.1 Å². The second kappa shape index (κ2) is 7.89. The summed E-state index contributed by atoms with van der Waals surface area (Å²) in [5, 5.41) is 10.4. The van der Waals surface area contributed by atoms with Gasteiger partial charge in [-0.05, 0) is 30.7 Å². The van der Waals surface area contributed by atoms with Crippen molar-refractivity contribution in [2.75, 3.05) is 24.2 Å². The van der Waals surface area contributed by atoms with Crippen molar-refractivity contribution >= 4 is 23.1 Å². The molecule has 130 valence electrons. The van der Waals surface area contributed by atoms with Gasteiger partial charge in [0.2, 0.25) is 11.7 Å². The van der Waals surface area contributed by atoms with E-state index in [4.69, 9.17) is 16.1 Å². The van der Waals surface area contributed by atoms with E-state index in [-0.39, 0.29) is 5.82 Å². The zero-order chi connectivity index (χ0) is 17.6. The van der Waals surface area contributed by atoms with Gasteiger partial charge in [0, 0.05) is 25.6 Å². The average Bonchev–Trinajstić information content (AvgIpc) is 3.08. The molecule has 0 atom stereocenters. The molecule has 0 spiro atoms. The van der Waals surface area contributed by atoms with Crippen molar-refractivity contribution in [3.05, 3.63) is 47.5 Å². The molecule has 0 aliphatic heterocycles. The molecule has 0 saturated heterocycles. The molecule has 2 aromatic heterocycles. The van der Waals surface area contributed by atoms with Crippen molar-refractivity contribution in [3.63, 3.8) is 0 Å². The lowest BCUT2D eigenvalue weighted by atomic mass is 10.2. The summed E-state index contributed by atoms with van der Waals surface area (Å²) >= 11 is 6.00. The van der Waals surface area contributed by atoms with Crippen molar-refractivity contribution in [2.45, 2.75) is 12.8 Å². The predicted molar refractivity (Wildman–Crippen MR) is 93.1 cm³/mol. The first-order valence-electron chi connectivity index (χ1n) is 7.68. The van der Waals surface area contributed by atoms with Gasteiger partial charge in [-0.15, -0.1) is 0 Å². The molecule has 0 radical (unpaired) electrons. The van der Waals surface area contributed by atoms with E-state index >= 15 is 0 Å². The zero-order valence-electron chi connectivity index (χ0n) is 13.5. The maximum atomic E-state index is 12.9. The number of hydrogen-bond acceptors (Lipinski definition) is 7. The topological polar surface area (TPSA) is 88.8 Å². The van der Waals surface area contributed by atoms with Gasteiger partial charge in [0.1, 0.15) is 17.8 Å². The van der Waals surface area contributed by atoms with Gasteiger partial charge in [-0.1, -0.05) is 16.8 Å². The third-order valence-electron chi connectivity index (χ3n) is 3.48. The van der Waals surface area contributed by atoms with E-state index in [1.165, 1.54) is 18.5 Å². The van der Waals surface area contributed by atoms with Crippen LogP contribution in [0.5, 0.6) is 0 Å². The Morgan fingerprint density at radius 2 is 2.00 bits per heavy atom. The maximum Gasteiger partial charge on any atom is 0.227 e. The van der Waals surface area contributed by atoms with Gasteiger partial charge in [0.15, 0.2) is 11.0 Å². The van der Waals surface area contributed by atoms with E-state index in [0.717, 1.165) is 6.42 Å². The number of halogens is 2. The second-order valence-electron chi connectivity index (χ2n) is 5.19. The first kappa shape index (κ1) is 17.1. The van der Waals surface area contributed by atoms with E-state index in [1.807, 2.05) is 0 Å². The minimum absolute atomic E-state index is 0.302. The fourth-order valence-electron chi connectivity index (χ4n) is 2.24. The summed E-state index contributed by atoms with van der Waals surface area (Å²) in [4.78, 5) is 12.4. The number of rotatable bonds is 7. The molecule has 0 fully saturated rings. The number of nitrogens with zero attached hydrogens (tertiary/aromatic N) is 4. The van der Waals surface area contributed by atoms with Crippen LogP contribution in [0, 0.1) is 5.82 Å². The van der Waals surface area contributed by atoms with Crippen molar-refractivity contribution in [2.24, 2.45) is 0 Å². The molecule has 2 heterocycles. The van der Waals surface area contributed by atoms with Gasteiger partial charge in [-0.25, -0.2) is 14.4 Å². The molecule has 25 heavy (non-hydrogen) atoms. The summed E-state index contributed by atoms with van der Waals surface area (Å²) in [6, 6.07) is 5.95. The Morgan fingerprint density at radius 3 is 2.76 bits per heavy atom. The predicted octanol–water partition coefficient (Wildman–Crippen LogP) is 3.41. The summed E-state index contributed by atoms with van der Waals surface area (Å²) < 4.78 is 18.2. The normalized spacial score (nSPS) is 10.7. The summed E-state index contributed by atoms with van der Waals surface area (Å²) in [5.74, 6) is 1.31. The Labute approximate surface area is 148 Å². The van der Waals surface area contributed by atoms with Crippen LogP contribution in [-0.2, 0) is 6.42 Å². The molecule has 1 aromatic carbocycles. The van der Waals surface area contributed by atoms with Crippen LogP contribution in [-0.4, -0.2) is 33.7 Å². The lowest BCUT2D eigenvalue weighted by molar-refractivity contribution is 0.377. The van der Waals surface area contributed by atoms with Crippen LogP contribution in [0.3, 0.4) is 0 Å². The molecule has 9 heteroatoms. The standard InChI is InChI=1S/C16H16ClFN6O/c1-19-13-14(17)21-9-22-16(13)20-8-2-3-12-23-15(24-25-12)10-4-6-11(18)7-5-10/h4-7,9,19H,2-3,8H2,1H3,(H,20,21,22). The minimum atomic E-state index is -0.302. The highest BCUT2D eigenvalue weighted by molar-refractivity contribution is 6.32. The molecule has 0 amide bonds. The maximum absolute atomic E-state index is 12.9. The highest BCUT2D eigenvalue weighted by Crippen LogP contribution is 2.25. The Hall–Kier alpha value is -2.74. The number of hydrogen-bond donors (Lipinski definition) is 2. The molecule has 0 aliphatic carbocycles. The van der Waals surface area contributed by atoms with Gasteiger partial charge < -0.3 is 15.2 Å². The third-order valence-corrected chi connectivity index (χ3v) is 3.77. The van der Waals surface area contributed by atoms with E-state index in [9.17, 15) is 4.39 Å². The summed E-state index contributed by atoms with van der Waals surface area (Å²) in [6.45, 7) is 0.649. The molecule has 3 aromatic rings. The molecule has 0 unspecified atom stereocenters. The summed E-state index contributed by atoms with van der Waals surface area (Å²) in [5.41, 5.74) is 1.37. The van der Waals surface area contributed by atoms with Crippen molar-refractivity contribution in [1.82, 2.24) is 20.1 Å². The van der Waals surface area contributed by atoms with E-state index in [0.29, 0.717) is 46.9 Å². The first-order chi connectivity index (χ1) is 12.2. The van der Waals surface area contributed by atoms with Crippen LogP contribution in [0.1, 0.15) is 12.3 Å². The van der Waals surface area contributed by atoms with E-state index in [2.05, 4.69) is 30.7 Å². The number of anilines is 2. The number of aromatic nitrogens is 4. The van der Waals surface area contributed by atoms with Crippen molar-refractivity contribution in [1.29, 1.82) is 0 Å². The van der Waals surface area contributed by atoms with Crippen LogP contribution >= 0.6 is 11.6 Å². The SMILES string of the molecule is CNc1c(Cl)ncnc1NCCCc1nc(-c2ccc(F)cc2)no1. The molecule has 7 nitrogen and oxygen atoms in total. The lowest BCUT2D eigenvalue weighted by Crippen LogP contribution is -2.08. The fraction of sp³-hybridized carbons (Fsp3) is 0.250. The van der Waals surface area contributed by atoms with Gasteiger partial charge in [-0.2, -0.15) is 4.98 Å². The van der Waals surface area contributed by atoms with Crippen LogP contribution in [0.2, 0.25) is 5.15 Å². The Balaban J connectivity index is 1.53. The van der Waals surface area contributed by atoms with Gasteiger partial charge in [0.25, 0.3) is 0 Å². The lowest BCUT2D eigenvalue weighted by Gasteiger charge is -2.10. The van der Waals surface area contributed by atoms with Crippen LogP contribution in [0.25, 0.3) is 11.4 Å².